The topological polar surface area (TPSA) is 44.5 Å². The van der Waals surface area contributed by atoms with Gasteiger partial charge in [-0.1, -0.05) is 18.5 Å². The van der Waals surface area contributed by atoms with E-state index >= 15 is 0 Å². The van der Waals surface area contributed by atoms with Crippen LogP contribution in [0.5, 0.6) is 11.5 Å². The van der Waals surface area contributed by atoms with Crippen LogP contribution in [0.15, 0.2) is 6.07 Å². The highest BCUT2D eigenvalue weighted by Crippen LogP contribution is 2.49. The van der Waals surface area contributed by atoms with Crippen LogP contribution in [0.2, 0.25) is 5.02 Å². The van der Waals surface area contributed by atoms with E-state index in [4.69, 9.17) is 26.8 Å². The second kappa shape index (κ2) is 4.63. The van der Waals surface area contributed by atoms with Crippen LogP contribution in [0.25, 0.3) is 0 Å². The fourth-order valence-corrected chi connectivity index (χ4v) is 3.29. The summed E-state index contributed by atoms with van der Waals surface area (Å²) in [7, 11) is 0. The summed E-state index contributed by atoms with van der Waals surface area (Å²) in [5, 5.41) is 0.761. The molecule has 0 saturated heterocycles. The molecule has 0 saturated carbocycles. The van der Waals surface area contributed by atoms with Crippen LogP contribution in [-0.4, -0.2) is 13.2 Å². The molecule has 3 rings (SSSR count). The maximum absolute atomic E-state index is 6.40. The lowest BCUT2D eigenvalue weighted by Crippen LogP contribution is -2.21. The van der Waals surface area contributed by atoms with Gasteiger partial charge in [0.1, 0.15) is 0 Å². The van der Waals surface area contributed by atoms with Crippen LogP contribution in [-0.2, 0) is 0 Å². The lowest BCUT2D eigenvalue weighted by molar-refractivity contribution is 0.294. The minimum atomic E-state index is 0.00495. The van der Waals surface area contributed by atoms with E-state index in [0.29, 0.717) is 19.1 Å². The summed E-state index contributed by atoms with van der Waals surface area (Å²) in [4.78, 5) is 0. The van der Waals surface area contributed by atoms with Crippen molar-refractivity contribution < 1.29 is 9.47 Å². The first-order valence-corrected chi connectivity index (χ1v) is 6.93. The molecule has 3 nitrogen and oxygen atoms in total. The molecule has 18 heavy (non-hydrogen) atoms. The smallest absolute Gasteiger partial charge is 0.166 e. The van der Waals surface area contributed by atoms with Gasteiger partial charge in [-0.15, -0.1) is 0 Å². The van der Waals surface area contributed by atoms with Crippen LogP contribution in [0.1, 0.15) is 49.3 Å². The van der Waals surface area contributed by atoms with Gasteiger partial charge in [-0.3, -0.25) is 0 Å². The summed E-state index contributed by atoms with van der Waals surface area (Å²) in [6, 6.07) is 1.89. The average Bonchev–Trinajstić information content (AvgIpc) is 2.58. The van der Waals surface area contributed by atoms with Crippen molar-refractivity contribution in [1.82, 2.24) is 0 Å². The number of rotatable bonds is 0. The van der Waals surface area contributed by atoms with Crippen molar-refractivity contribution in [3.63, 3.8) is 0 Å². The van der Waals surface area contributed by atoms with Gasteiger partial charge in [0.2, 0.25) is 0 Å². The first-order valence-electron chi connectivity index (χ1n) is 6.56. The molecule has 1 aromatic carbocycles. The Morgan fingerprint density at radius 2 is 2.00 bits per heavy atom. The van der Waals surface area contributed by atoms with E-state index in [1.165, 1.54) is 0 Å². The molecular weight excluding hydrogens is 250 g/mol. The SMILES string of the molecule is CC1CC[C@H](N)c2c3c(cc(Cl)c21)OCCCO3. The molecule has 0 radical (unpaired) electrons. The predicted molar refractivity (Wildman–Crippen MR) is 71.6 cm³/mol. The van der Waals surface area contributed by atoms with Crippen LogP contribution in [0.4, 0.5) is 0 Å². The van der Waals surface area contributed by atoms with E-state index in [9.17, 15) is 0 Å². The van der Waals surface area contributed by atoms with Crippen molar-refractivity contribution in [3.8, 4) is 11.5 Å². The van der Waals surface area contributed by atoms with Crippen molar-refractivity contribution >= 4 is 11.6 Å². The quantitative estimate of drug-likeness (QED) is 0.784. The molecule has 1 aromatic rings. The molecule has 98 valence electrons. The lowest BCUT2D eigenvalue weighted by atomic mass is 9.80. The third kappa shape index (κ3) is 1.86. The number of benzene rings is 1. The number of halogens is 1. The molecular formula is C14H18ClNO2. The van der Waals surface area contributed by atoms with Crippen molar-refractivity contribution in [2.24, 2.45) is 5.73 Å². The van der Waals surface area contributed by atoms with Gasteiger partial charge in [-0.05, 0) is 24.3 Å². The van der Waals surface area contributed by atoms with Crippen LogP contribution in [0, 0.1) is 0 Å². The minimum absolute atomic E-state index is 0.00495. The second-order valence-corrected chi connectivity index (χ2v) is 5.56. The molecule has 2 aliphatic rings. The van der Waals surface area contributed by atoms with Gasteiger partial charge in [0.25, 0.3) is 0 Å². The van der Waals surface area contributed by atoms with Gasteiger partial charge < -0.3 is 15.2 Å². The fraction of sp³-hybridized carbons (Fsp3) is 0.571. The van der Waals surface area contributed by atoms with Crippen LogP contribution >= 0.6 is 11.6 Å². The van der Waals surface area contributed by atoms with Crippen molar-refractivity contribution in [2.75, 3.05) is 13.2 Å². The summed E-state index contributed by atoms with van der Waals surface area (Å²) in [5.41, 5.74) is 8.48. The maximum Gasteiger partial charge on any atom is 0.166 e. The van der Waals surface area contributed by atoms with E-state index in [0.717, 1.165) is 46.9 Å². The zero-order chi connectivity index (χ0) is 12.7. The van der Waals surface area contributed by atoms with Gasteiger partial charge in [-0.25, -0.2) is 0 Å². The molecule has 0 fully saturated rings. The van der Waals surface area contributed by atoms with Gasteiger partial charge >= 0.3 is 0 Å². The van der Waals surface area contributed by atoms with Gasteiger partial charge in [0.15, 0.2) is 11.5 Å². The fourth-order valence-electron chi connectivity index (χ4n) is 2.90. The Balaban J connectivity index is 2.21. The van der Waals surface area contributed by atoms with Crippen LogP contribution in [0.3, 0.4) is 0 Å². The van der Waals surface area contributed by atoms with E-state index in [2.05, 4.69) is 6.92 Å². The highest BCUT2D eigenvalue weighted by Gasteiger charge is 2.31. The molecule has 0 amide bonds. The Kier molecular flexibility index (Phi) is 3.12. The minimum Gasteiger partial charge on any atom is -0.489 e. The number of hydrogen-bond acceptors (Lipinski definition) is 3. The number of fused-ring (bicyclic) bond motifs is 3. The second-order valence-electron chi connectivity index (χ2n) is 5.15. The first-order chi connectivity index (χ1) is 8.68. The molecule has 0 spiro atoms. The van der Waals surface area contributed by atoms with Crippen molar-refractivity contribution in [1.29, 1.82) is 0 Å². The molecule has 1 heterocycles. The average molecular weight is 268 g/mol. The van der Waals surface area contributed by atoms with Crippen LogP contribution < -0.4 is 15.2 Å². The predicted octanol–water partition coefficient (Wildman–Crippen LogP) is 3.40. The maximum atomic E-state index is 6.40. The van der Waals surface area contributed by atoms with E-state index in [1.807, 2.05) is 6.07 Å². The Hall–Kier alpha value is -0.930. The van der Waals surface area contributed by atoms with Gasteiger partial charge in [0.05, 0.1) is 13.2 Å². The van der Waals surface area contributed by atoms with Gasteiger partial charge in [-0.2, -0.15) is 0 Å². The summed E-state index contributed by atoms with van der Waals surface area (Å²) >= 11 is 6.40. The Bertz CT molecular complexity index is 475. The standard InChI is InChI=1S/C14H18ClNO2/c1-8-3-4-10(16)13-12(8)9(15)7-11-14(13)18-6-2-5-17-11/h7-8,10H,2-6,16H2,1H3/t8?,10-/m0/s1. The number of hydrogen-bond donors (Lipinski definition) is 1. The molecule has 0 aromatic heterocycles. The molecule has 2 N–H and O–H groups in total. The Morgan fingerprint density at radius 3 is 2.83 bits per heavy atom. The molecule has 1 aliphatic carbocycles. The zero-order valence-corrected chi connectivity index (χ0v) is 11.3. The van der Waals surface area contributed by atoms with E-state index in [1.54, 1.807) is 0 Å². The molecule has 4 heteroatoms. The normalized spacial score (nSPS) is 26.4. The highest BCUT2D eigenvalue weighted by molar-refractivity contribution is 6.31. The molecule has 1 aliphatic heterocycles. The number of nitrogens with two attached hydrogens (primary N) is 1. The Morgan fingerprint density at radius 1 is 1.22 bits per heavy atom. The monoisotopic (exact) mass is 267 g/mol. The zero-order valence-electron chi connectivity index (χ0n) is 10.5. The highest BCUT2D eigenvalue weighted by atomic mass is 35.5. The third-order valence-corrected chi connectivity index (χ3v) is 4.15. The summed E-state index contributed by atoms with van der Waals surface area (Å²) in [6.45, 7) is 3.55. The van der Waals surface area contributed by atoms with Gasteiger partial charge in [0, 0.05) is 29.1 Å². The summed E-state index contributed by atoms with van der Waals surface area (Å²) in [6.07, 6.45) is 2.95. The lowest BCUT2D eigenvalue weighted by Gasteiger charge is -2.30. The summed E-state index contributed by atoms with van der Waals surface area (Å²) in [5.74, 6) is 2.01. The molecule has 1 unspecified atom stereocenters. The third-order valence-electron chi connectivity index (χ3n) is 3.84. The van der Waals surface area contributed by atoms with Crippen molar-refractivity contribution in [2.45, 2.75) is 38.1 Å². The summed E-state index contributed by atoms with van der Waals surface area (Å²) < 4.78 is 11.6. The van der Waals surface area contributed by atoms with E-state index < -0.39 is 0 Å². The molecule has 2 atom stereocenters. The first kappa shape index (κ1) is 12.1. The largest absolute Gasteiger partial charge is 0.489 e. The number of ether oxygens (including phenoxy) is 2. The van der Waals surface area contributed by atoms with Crippen molar-refractivity contribution in [3.05, 3.63) is 22.2 Å². The molecule has 0 bridgehead atoms. The van der Waals surface area contributed by atoms with E-state index in [-0.39, 0.29) is 6.04 Å². The Labute approximate surface area is 112 Å².